The number of benzene rings is 1. The lowest BCUT2D eigenvalue weighted by Gasteiger charge is -2.17. The Kier molecular flexibility index (Phi) is 6.31. The summed E-state index contributed by atoms with van der Waals surface area (Å²) in [5, 5.41) is 4.69. The third-order valence-corrected chi connectivity index (χ3v) is 3.95. The van der Waals surface area contributed by atoms with Gasteiger partial charge in [-0.15, -0.1) is 0 Å². The summed E-state index contributed by atoms with van der Waals surface area (Å²) < 4.78 is 11.5. The Labute approximate surface area is 162 Å². The number of nitrogens with two attached hydrogens (primary N) is 1. The molecule has 1 saturated heterocycles. The molecule has 0 saturated carbocycles. The quantitative estimate of drug-likeness (QED) is 0.238. The van der Waals surface area contributed by atoms with E-state index in [1.165, 1.54) is 6.08 Å². The molecule has 1 aliphatic rings. The molecule has 132 valence electrons. The zero-order valence-electron chi connectivity index (χ0n) is 13.1. The number of primary amides is 1. The molecule has 1 heterocycles. The molecule has 0 bridgehead atoms. The highest BCUT2D eigenvalue weighted by Crippen LogP contribution is 2.35. The Balaban J connectivity index is 2.40. The summed E-state index contributed by atoms with van der Waals surface area (Å²) >= 11 is 6.75. The van der Waals surface area contributed by atoms with Crippen molar-refractivity contribution in [2.45, 2.75) is 6.92 Å². The van der Waals surface area contributed by atoms with Crippen molar-refractivity contribution in [3.63, 3.8) is 0 Å². The van der Waals surface area contributed by atoms with E-state index in [1.807, 2.05) is 22.6 Å². The molecule has 0 aromatic heterocycles. The molecule has 1 fully saturated rings. The summed E-state index contributed by atoms with van der Waals surface area (Å²) in [6.45, 7) is 1.86. The number of carbonyl (C=O) groups is 3. The highest BCUT2D eigenvalue weighted by molar-refractivity contribution is 14.1. The van der Waals surface area contributed by atoms with E-state index in [9.17, 15) is 14.4 Å². The van der Waals surface area contributed by atoms with Crippen molar-refractivity contribution in [1.29, 1.82) is 0 Å². The topological polar surface area (TPSA) is 120 Å². The second-order valence-electron chi connectivity index (χ2n) is 4.81. The van der Waals surface area contributed by atoms with Crippen molar-refractivity contribution >= 4 is 63.7 Å². The lowest BCUT2D eigenvalue weighted by Crippen LogP contribution is -2.51. The smallest absolute Gasteiger partial charge is 0.263 e. The fourth-order valence-corrected chi connectivity index (χ4v) is 2.96. The van der Waals surface area contributed by atoms with Crippen LogP contribution in [0.15, 0.2) is 17.7 Å². The minimum absolute atomic E-state index is 0.0352. The van der Waals surface area contributed by atoms with E-state index >= 15 is 0 Å². The maximum absolute atomic E-state index is 11.9. The zero-order valence-corrected chi connectivity index (χ0v) is 16.0. The van der Waals surface area contributed by atoms with Crippen LogP contribution in [0.25, 0.3) is 6.08 Å². The molecule has 3 amide bonds. The van der Waals surface area contributed by atoms with E-state index in [-0.39, 0.29) is 17.3 Å². The molecule has 4 N–H and O–H groups in total. The molecule has 0 atom stereocenters. The Hall–Kier alpha value is -2.21. The molecule has 1 aromatic rings. The maximum Gasteiger partial charge on any atom is 0.263 e. The Bertz CT molecular complexity index is 772. The van der Waals surface area contributed by atoms with Gasteiger partial charge < -0.3 is 15.2 Å². The minimum atomic E-state index is -0.615. The predicted molar refractivity (Wildman–Crippen MR) is 102 cm³/mol. The predicted octanol–water partition coefficient (Wildman–Crippen LogP) is 0.468. The van der Waals surface area contributed by atoms with E-state index < -0.39 is 17.7 Å². The van der Waals surface area contributed by atoms with Gasteiger partial charge >= 0.3 is 0 Å². The zero-order chi connectivity index (χ0) is 18.6. The highest BCUT2D eigenvalue weighted by atomic mass is 127. The van der Waals surface area contributed by atoms with Crippen LogP contribution in [-0.4, -0.2) is 36.0 Å². The second kappa shape index (κ2) is 8.25. The van der Waals surface area contributed by atoms with Crippen LogP contribution in [0.3, 0.4) is 0 Å². The van der Waals surface area contributed by atoms with Crippen molar-refractivity contribution in [3.8, 4) is 11.5 Å². The molecular formula is C15H14IN3O5S. The largest absolute Gasteiger partial charge is 0.490 e. The lowest BCUT2D eigenvalue weighted by molar-refractivity contribution is -0.123. The first-order valence-electron chi connectivity index (χ1n) is 7.07. The number of amides is 3. The van der Waals surface area contributed by atoms with Crippen molar-refractivity contribution < 1.29 is 23.9 Å². The summed E-state index contributed by atoms with van der Waals surface area (Å²) in [4.78, 5) is 34.8. The molecule has 0 aliphatic carbocycles. The van der Waals surface area contributed by atoms with Gasteiger partial charge in [0.2, 0.25) is 0 Å². The summed E-state index contributed by atoms with van der Waals surface area (Å²) in [6.07, 6.45) is 1.41. The van der Waals surface area contributed by atoms with Gasteiger partial charge in [-0.2, -0.15) is 0 Å². The molecule has 10 heteroatoms. The molecular weight excluding hydrogens is 461 g/mol. The van der Waals surface area contributed by atoms with Gasteiger partial charge in [0.15, 0.2) is 23.2 Å². The van der Waals surface area contributed by atoms with Gasteiger partial charge in [-0.25, -0.2) is 0 Å². The van der Waals surface area contributed by atoms with Gasteiger partial charge in [0, 0.05) is 0 Å². The van der Waals surface area contributed by atoms with Crippen LogP contribution >= 0.6 is 34.8 Å². The summed E-state index contributed by atoms with van der Waals surface area (Å²) in [6, 6.07) is 3.28. The molecule has 8 nitrogen and oxygen atoms in total. The van der Waals surface area contributed by atoms with Crippen LogP contribution in [-0.2, 0) is 14.4 Å². The van der Waals surface area contributed by atoms with Crippen molar-refractivity contribution in [2.75, 3.05) is 13.2 Å². The molecule has 1 aromatic carbocycles. The number of halogens is 1. The SMILES string of the molecule is CCOc1cc(C=C2C(=O)NC(=S)NC2=O)cc(I)c1OCC(N)=O. The normalized spacial score (nSPS) is 13.8. The van der Waals surface area contributed by atoms with Crippen LogP contribution in [0.4, 0.5) is 0 Å². The first kappa shape index (κ1) is 19.1. The van der Waals surface area contributed by atoms with Crippen molar-refractivity contribution in [1.82, 2.24) is 10.6 Å². The lowest BCUT2D eigenvalue weighted by atomic mass is 10.1. The van der Waals surface area contributed by atoms with E-state index in [0.717, 1.165) is 0 Å². The Morgan fingerprint density at radius 3 is 2.48 bits per heavy atom. The average Bonchev–Trinajstić information content (AvgIpc) is 2.50. The number of ether oxygens (including phenoxy) is 2. The standard InChI is InChI=1S/C15H14IN3O5S/c1-2-23-10-5-7(4-9(16)12(10)24-6-11(17)20)3-8-13(21)18-15(25)19-14(8)22/h3-5H,2,6H2,1H3,(H2,17,20)(H2,18,19,21,22,25). The molecule has 2 rings (SSSR count). The molecule has 25 heavy (non-hydrogen) atoms. The third kappa shape index (κ3) is 4.89. The van der Waals surface area contributed by atoms with Crippen LogP contribution in [0.5, 0.6) is 11.5 Å². The highest BCUT2D eigenvalue weighted by Gasteiger charge is 2.26. The van der Waals surface area contributed by atoms with Crippen LogP contribution in [0.1, 0.15) is 12.5 Å². The molecule has 0 unspecified atom stereocenters. The number of rotatable bonds is 6. The second-order valence-corrected chi connectivity index (χ2v) is 6.38. The number of hydrogen-bond acceptors (Lipinski definition) is 6. The van der Waals surface area contributed by atoms with Gasteiger partial charge in [0.1, 0.15) is 5.57 Å². The van der Waals surface area contributed by atoms with Gasteiger partial charge in [0.05, 0.1) is 10.2 Å². The first-order chi connectivity index (χ1) is 11.8. The number of nitrogens with one attached hydrogen (secondary N) is 2. The third-order valence-electron chi connectivity index (χ3n) is 2.94. The number of carbonyl (C=O) groups excluding carboxylic acids is 3. The van der Waals surface area contributed by atoms with E-state index in [2.05, 4.69) is 10.6 Å². The maximum atomic E-state index is 11.9. The van der Waals surface area contributed by atoms with E-state index in [1.54, 1.807) is 19.1 Å². The van der Waals surface area contributed by atoms with Crippen LogP contribution in [0, 0.1) is 3.57 Å². The summed E-state index contributed by atoms with van der Waals surface area (Å²) in [5.74, 6) is -1.06. The monoisotopic (exact) mass is 475 g/mol. The Morgan fingerprint density at radius 1 is 1.28 bits per heavy atom. The van der Waals surface area contributed by atoms with Crippen LogP contribution < -0.4 is 25.8 Å². The minimum Gasteiger partial charge on any atom is -0.490 e. The first-order valence-corrected chi connectivity index (χ1v) is 8.56. The average molecular weight is 475 g/mol. The number of thiocarbonyl (C=S) groups is 1. The fraction of sp³-hybridized carbons (Fsp3) is 0.200. The Morgan fingerprint density at radius 2 is 1.92 bits per heavy atom. The molecule has 0 spiro atoms. The summed E-state index contributed by atoms with van der Waals surface area (Å²) in [5.41, 5.74) is 5.56. The fourth-order valence-electron chi connectivity index (χ4n) is 1.99. The number of hydrogen-bond donors (Lipinski definition) is 3. The van der Waals surface area contributed by atoms with Gasteiger partial charge in [-0.1, -0.05) is 0 Å². The summed E-state index contributed by atoms with van der Waals surface area (Å²) in [7, 11) is 0. The van der Waals surface area contributed by atoms with Crippen molar-refractivity contribution in [3.05, 3.63) is 26.8 Å². The van der Waals surface area contributed by atoms with Crippen LogP contribution in [0.2, 0.25) is 0 Å². The van der Waals surface area contributed by atoms with Gasteiger partial charge in [-0.3, -0.25) is 25.0 Å². The van der Waals surface area contributed by atoms with E-state index in [4.69, 9.17) is 27.4 Å². The van der Waals surface area contributed by atoms with Crippen molar-refractivity contribution in [2.24, 2.45) is 5.73 Å². The van der Waals surface area contributed by atoms with Gasteiger partial charge in [0.25, 0.3) is 17.7 Å². The van der Waals surface area contributed by atoms with E-state index in [0.29, 0.717) is 27.2 Å². The van der Waals surface area contributed by atoms with Gasteiger partial charge in [-0.05, 0) is 65.5 Å². The molecule has 0 radical (unpaired) electrons. The molecule has 1 aliphatic heterocycles.